The number of sulfonamides is 1. The van der Waals surface area contributed by atoms with E-state index in [-0.39, 0.29) is 4.90 Å². The zero-order chi connectivity index (χ0) is 20.0. The number of nitrogens with zero attached hydrogens (tertiary/aromatic N) is 1. The highest BCUT2D eigenvalue weighted by Gasteiger charge is 2.17. The van der Waals surface area contributed by atoms with Crippen LogP contribution in [-0.2, 0) is 14.8 Å². The number of nitrogens with one attached hydrogen (secondary N) is 1. The van der Waals surface area contributed by atoms with E-state index < -0.39 is 15.9 Å². The summed E-state index contributed by atoms with van der Waals surface area (Å²) in [6, 6.07) is 11.4. The molecule has 0 saturated carbocycles. The smallest absolute Gasteiger partial charge is 0.248 e. The van der Waals surface area contributed by atoms with E-state index in [1.807, 2.05) is 0 Å². The number of para-hydroxylation sites is 1. The van der Waals surface area contributed by atoms with Crippen LogP contribution in [0.15, 0.2) is 53.4 Å². The van der Waals surface area contributed by atoms with Crippen LogP contribution in [0, 0.1) is 0 Å². The lowest BCUT2D eigenvalue weighted by molar-refractivity contribution is -0.111. The Morgan fingerprint density at radius 2 is 1.78 bits per heavy atom. The standard InChI is InChI=1S/C19H22N2O5S/c1-21(2)27(23,24)16-9-6-8-15(13-16)20-18(22)12-11-14-7-5-10-17(25-3)19(14)26-4/h5-13H,1-4H3,(H,20,22). The average Bonchev–Trinajstić information content (AvgIpc) is 2.65. The molecule has 0 heterocycles. The molecule has 0 aliphatic heterocycles. The molecule has 1 N–H and O–H groups in total. The first kappa shape index (κ1) is 20.5. The van der Waals surface area contributed by atoms with Crippen molar-refractivity contribution < 1.29 is 22.7 Å². The van der Waals surface area contributed by atoms with Gasteiger partial charge >= 0.3 is 0 Å². The molecule has 0 bridgehead atoms. The molecular formula is C19H22N2O5S. The highest BCUT2D eigenvalue weighted by atomic mass is 32.2. The predicted octanol–water partition coefficient (Wildman–Crippen LogP) is 2.61. The number of hydrogen-bond acceptors (Lipinski definition) is 5. The SMILES string of the molecule is COc1cccc(C=CC(=O)Nc2cccc(S(=O)(=O)N(C)C)c2)c1OC. The molecule has 27 heavy (non-hydrogen) atoms. The number of amides is 1. The second-order valence-electron chi connectivity index (χ2n) is 5.72. The molecule has 2 aromatic carbocycles. The largest absolute Gasteiger partial charge is 0.493 e. The van der Waals surface area contributed by atoms with Crippen LogP contribution in [0.5, 0.6) is 11.5 Å². The molecule has 0 unspecified atom stereocenters. The molecule has 8 heteroatoms. The highest BCUT2D eigenvalue weighted by molar-refractivity contribution is 7.89. The number of rotatable bonds is 7. The van der Waals surface area contributed by atoms with E-state index in [4.69, 9.17) is 9.47 Å². The van der Waals surface area contributed by atoms with Gasteiger partial charge in [-0.25, -0.2) is 12.7 Å². The quantitative estimate of drug-likeness (QED) is 0.735. The van der Waals surface area contributed by atoms with Gasteiger partial charge in [0, 0.05) is 31.4 Å². The van der Waals surface area contributed by atoms with Gasteiger partial charge in [-0.05, 0) is 30.3 Å². The summed E-state index contributed by atoms with van der Waals surface area (Å²) in [6.45, 7) is 0. The Morgan fingerprint density at radius 3 is 2.41 bits per heavy atom. The average molecular weight is 390 g/mol. The van der Waals surface area contributed by atoms with Crippen molar-refractivity contribution in [1.29, 1.82) is 0 Å². The van der Waals surface area contributed by atoms with Gasteiger partial charge in [-0.1, -0.05) is 18.2 Å². The molecule has 0 saturated heterocycles. The van der Waals surface area contributed by atoms with Crippen LogP contribution in [0.2, 0.25) is 0 Å². The Labute approximate surface area is 159 Å². The molecule has 1 amide bonds. The van der Waals surface area contributed by atoms with Gasteiger partial charge < -0.3 is 14.8 Å². The fourth-order valence-electron chi connectivity index (χ4n) is 2.34. The summed E-state index contributed by atoms with van der Waals surface area (Å²) in [5.74, 6) is 0.670. The molecule has 2 aromatic rings. The van der Waals surface area contributed by atoms with Crippen molar-refractivity contribution >= 4 is 27.7 Å². The Kier molecular flexibility index (Phi) is 6.59. The van der Waals surface area contributed by atoms with Crippen LogP contribution in [0.25, 0.3) is 6.08 Å². The highest BCUT2D eigenvalue weighted by Crippen LogP contribution is 2.31. The first-order valence-electron chi connectivity index (χ1n) is 8.02. The van der Waals surface area contributed by atoms with Gasteiger partial charge in [-0.2, -0.15) is 0 Å². The van der Waals surface area contributed by atoms with Gasteiger partial charge in [0.25, 0.3) is 0 Å². The fourth-order valence-corrected chi connectivity index (χ4v) is 3.29. The van der Waals surface area contributed by atoms with Crippen LogP contribution >= 0.6 is 0 Å². The van der Waals surface area contributed by atoms with Crippen LogP contribution in [0.3, 0.4) is 0 Å². The summed E-state index contributed by atoms with van der Waals surface area (Å²) < 4.78 is 36.0. The Morgan fingerprint density at radius 1 is 1.07 bits per heavy atom. The van der Waals surface area contributed by atoms with Gasteiger partial charge in [0.15, 0.2) is 11.5 Å². The lowest BCUT2D eigenvalue weighted by atomic mass is 10.1. The van der Waals surface area contributed by atoms with Crippen molar-refractivity contribution in [2.75, 3.05) is 33.6 Å². The minimum absolute atomic E-state index is 0.101. The second-order valence-corrected chi connectivity index (χ2v) is 7.87. The summed E-state index contributed by atoms with van der Waals surface area (Å²) in [5, 5.41) is 2.65. The van der Waals surface area contributed by atoms with Crippen molar-refractivity contribution in [3.05, 3.63) is 54.1 Å². The van der Waals surface area contributed by atoms with Gasteiger partial charge in [0.05, 0.1) is 19.1 Å². The maximum absolute atomic E-state index is 12.2. The van der Waals surface area contributed by atoms with Gasteiger partial charge in [0.2, 0.25) is 15.9 Å². The van der Waals surface area contributed by atoms with E-state index in [9.17, 15) is 13.2 Å². The summed E-state index contributed by atoms with van der Waals surface area (Å²) >= 11 is 0. The topological polar surface area (TPSA) is 84.9 Å². The Bertz CT molecular complexity index is 952. The second kappa shape index (κ2) is 8.70. The van der Waals surface area contributed by atoms with E-state index in [0.29, 0.717) is 22.7 Å². The van der Waals surface area contributed by atoms with Crippen molar-refractivity contribution in [2.45, 2.75) is 4.90 Å². The molecule has 7 nitrogen and oxygen atoms in total. The van der Waals surface area contributed by atoms with Crippen LogP contribution in [-0.4, -0.2) is 46.9 Å². The first-order valence-corrected chi connectivity index (χ1v) is 9.46. The van der Waals surface area contributed by atoms with Crippen LogP contribution in [0.4, 0.5) is 5.69 Å². The zero-order valence-electron chi connectivity index (χ0n) is 15.6. The number of ether oxygens (including phenoxy) is 2. The normalized spacial score (nSPS) is 11.6. The summed E-state index contributed by atoms with van der Waals surface area (Å²) in [5.41, 5.74) is 1.06. The first-order chi connectivity index (χ1) is 12.8. The lowest BCUT2D eigenvalue weighted by Crippen LogP contribution is -2.22. The molecular weight excluding hydrogens is 368 g/mol. The third kappa shape index (κ3) is 4.87. The van der Waals surface area contributed by atoms with E-state index in [1.165, 1.54) is 46.5 Å². The van der Waals surface area contributed by atoms with Crippen LogP contribution in [0.1, 0.15) is 5.56 Å². The molecule has 0 fully saturated rings. The van der Waals surface area contributed by atoms with E-state index >= 15 is 0 Å². The lowest BCUT2D eigenvalue weighted by Gasteiger charge is -2.12. The van der Waals surface area contributed by atoms with Crippen molar-refractivity contribution in [3.63, 3.8) is 0 Å². The van der Waals surface area contributed by atoms with E-state index in [0.717, 1.165) is 4.31 Å². The third-order valence-corrected chi connectivity index (χ3v) is 5.54. The number of methoxy groups -OCH3 is 2. The van der Waals surface area contributed by atoms with E-state index in [1.54, 1.807) is 36.4 Å². The minimum atomic E-state index is -3.57. The summed E-state index contributed by atoms with van der Waals surface area (Å²) in [7, 11) is 2.38. The number of carbonyl (C=O) groups is 1. The number of carbonyl (C=O) groups excluding carboxylic acids is 1. The molecule has 0 aliphatic rings. The summed E-state index contributed by atoms with van der Waals surface area (Å²) in [6.07, 6.45) is 2.93. The number of anilines is 1. The third-order valence-electron chi connectivity index (χ3n) is 3.73. The predicted molar refractivity (Wildman–Crippen MR) is 105 cm³/mol. The summed E-state index contributed by atoms with van der Waals surface area (Å²) in [4.78, 5) is 12.3. The van der Waals surface area contributed by atoms with Crippen molar-refractivity contribution in [2.24, 2.45) is 0 Å². The van der Waals surface area contributed by atoms with Crippen LogP contribution < -0.4 is 14.8 Å². The maximum Gasteiger partial charge on any atom is 0.248 e. The molecule has 0 aliphatic carbocycles. The number of hydrogen-bond donors (Lipinski definition) is 1. The van der Waals surface area contributed by atoms with Gasteiger partial charge in [0.1, 0.15) is 0 Å². The number of benzene rings is 2. The maximum atomic E-state index is 12.2. The van der Waals surface area contributed by atoms with Crippen molar-refractivity contribution in [1.82, 2.24) is 4.31 Å². The fraction of sp³-hybridized carbons (Fsp3) is 0.211. The van der Waals surface area contributed by atoms with Crippen molar-refractivity contribution in [3.8, 4) is 11.5 Å². The molecule has 0 radical (unpaired) electrons. The molecule has 144 valence electrons. The van der Waals surface area contributed by atoms with Gasteiger partial charge in [-0.15, -0.1) is 0 Å². The molecule has 0 aromatic heterocycles. The van der Waals surface area contributed by atoms with Gasteiger partial charge in [-0.3, -0.25) is 4.79 Å². The molecule has 0 spiro atoms. The van der Waals surface area contributed by atoms with E-state index in [2.05, 4.69) is 5.32 Å². The Hall–Kier alpha value is -2.84. The zero-order valence-corrected chi connectivity index (χ0v) is 16.4. The minimum Gasteiger partial charge on any atom is -0.493 e. The Balaban J connectivity index is 2.19. The molecule has 0 atom stereocenters. The monoisotopic (exact) mass is 390 g/mol. The molecule has 2 rings (SSSR count).